The number of fused-ring (bicyclic) bond motifs is 5. The molecular formula is C28H50O. The topological polar surface area (TPSA) is 20.2 Å². The first kappa shape index (κ1) is 22.2. The molecule has 0 heterocycles. The van der Waals surface area contributed by atoms with Gasteiger partial charge in [-0.3, -0.25) is 0 Å². The Hall–Kier alpha value is -0.0400. The van der Waals surface area contributed by atoms with Crippen molar-refractivity contribution in [1.82, 2.24) is 0 Å². The van der Waals surface area contributed by atoms with Gasteiger partial charge < -0.3 is 5.11 Å². The van der Waals surface area contributed by atoms with Gasteiger partial charge in [-0.2, -0.15) is 0 Å². The minimum atomic E-state index is -0.0107. The van der Waals surface area contributed by atoms with Crippen molar-refractivity contribution in [3.05, 3.63) is 0 Å². The van der Waals surface area contributed by atoms with Crippen LogP contribution in [0.15, 0.2) is 0 Å². The van der Waals surface area contributed by atoms with Crippen molar-refractivity contribution in [3.8, 4) is 0 Å². The molecule has 4 rings (SSSR count). The largest absolute Gasteiger partial charge is 0.393 e. The lowest BCUT2D eigenvalue weighted by atomic mass is 9.44. The number of rotatable bonds is 5. The summed E-state index contributed by atoms with van der Waals surface area (Å²) < 4.78 is 0. The molecule has 0 spiro atoms. The predicted molar refractivity (Wildman–Crippen MR) is 124 cm³/mol. The van der Waals surface area contributed by atoms with E-state index in [0.717, 1.165) is 60.2 Å². The third-order valence-corrected chi connectivity index (χ3v) is 11.6. The van der Waals surface area contributed by atoms with Crippen LogP contribution in [0.2, 0.25) is 0 Å². The molecule has 10 atom stereocenters. The molecule has 0 aromatic rings. The summed E-state index contributed by atoms with van der Waals surface area (Å²) in [5.41, 5.74) is 1.14. The van der Waals surface area contributed by atoms with E-state index in [9.17, 15) is 5.11 Å². The zero-order valence-electron chi connectivity index (χ0n) is 20.4. The average molecular weight is 403 g/mol. The average Bonchev–Trinajstić information content (AvgIpc) is 3.03. The molecule has 0 aromatic carbocycles. The Labute approximate surface area is 181 Å². The molecule has 0 aromatic heterocycles. The Morgan fingerprint density at radius 2 is 1.48 bits per heavy atom. The van der Waals surface area contributed by atoms with Gasteiger partial charge in [0.2, 0.25) is 0 Å². The molecule has 1 N–H and O–H groups in total. The highest BCUT2D eigenvalue weighted by molar-refractivity contribution is 5.09. The van der Waals surface area contributed by atoms with Crippen LogP contribution in [0.5, 0.6) is 0 Å². The highest BCUT2D eigenvalue weighted by atomic mass is 16.3. The van der Waals surface area contributed by atoms with Gasteiger partial charge in [0.15, 0.2) is 0 Å². The maximum atomic E-state index is 10.3. The van der Waals surface area contributed by atoms with Crippen molar-refractivity contribution in [3.63, 3.8) is 0 Å². The van der Waals surface area contributed by atoms with Crippen molar-refractivity contribution in [2.45, 2.75) is 118 Å². The molecular weight excluding hydrogens is 352 g/mol. The predicted octanol–water partition coefficient (Wildman–Crippen LogP) is 7.71. The summed E-state index contributed by atoms with van der Waals surface area (Å²) in [4.78, 5) is 0. The Balaban J connectivity index is 1.46. The van der Waals surface area contributed by atoms with Crippen LogP contribution in [0.1, 0.15) is 112 Å². The van der Waals surface area contributed by atoms with Gasteiger partial charge in [0.1, 0.15) is 0 Å². The van der Waals surface area contributed by atoms with Crippen LogP contribution >= 0.6 is 0 Å². The Bertz CT molecular complexity index is 569. The Morgan fingerprint density at radius 3 is 2.21 bits per heavy atom. The zero-order chi connectivity index (χ0) is 21.0. The summed E-state index contributed by atoms with van der Waals surface area (Å²) >= 11 is 0. The second-order valence-electron chi connectivity index (χ2n) is 13.1. The van der Waals surface area contributed by atoms with E-state index in [4.69, 9.17) is 0 Å². The fourth-order valence-electron chi connectivity index (χ4n) is 9.27. The number of hydrogen-bond donors (Lipinski definition) is 1. The smallest absolute Gasteiger partial charge is 0.0543 e. The summed E-state index contributed by atoms with van der Waals surface area (Å²) in [7, 11) is 0. The lowest BCUT2D eigenvalue weighted by molar-refractivity contribution is -0.129. The molecule has 29 heavy (non-hydrogen) atoms. The molecule has 4 fully saturated rings. The van der Waals surface area contributed by atoms with E-state index >= 15 is 0 Å². The first-order chi connectivity index (χ1) is 13.7. The van der Waals surface area contributed by atoms with Crippen LogP contribution in [-0.4, -0.2) is 11.2 Å². The van der Waals surface area contributed by atoms with Gasteiger partial charge >= 0.3 is 0 Å². The summed E-state index contributed by atoms with van der Waals surface area (Å²) in [6, 6.07) is 0. The van der Waals surface area contributed by atoms with Gasteiger partial charge in [-0.1, -0.05) is 54.4 Å². The Morgan fingerprint density at radius 1 is 0.793 bits per heavy atom. The van der Waals surface area contributed by atoms with Crippen LogP contribution in [-0.2, 0) is 0 Å². The summed E-state index contributed by atoms with van der Waals surface area (Å²) in [5.74, 6) is 7.28. The monoisotopic (exact) mass is 402 g/mol. The summed E-state index contributed by atoms with van der Waals surface area (Å²) in [6.07, 6.45) is 15.1. The molecule has 0 aliphatic heterocycles. The van der Waals surface area contributed by atoms with Crippen molar-refractivity contribution >= 4 is 0 Å². The number of aliphatic hydroxyl groups excluding tert-OH is 1. The standard InChI is InChI=1S/C28H50O/c1-18(2)19(3)7-8-20(4)24-11-12-25-23-10-9-21-17-22(29)13-15-27(21,5)26(23)14-16-28(24,25)6/h18-26,29H,7-17H2,1-6H3/t19?,20-,21?,22+,23-,24-,25+,26+,27-,28-/m1/s1. The van der Waals surface area contributed by atoms with Crippen molar-refractivity contribution in [1.29, 1.82) is 0 Å². The van der Waals surface area contributed by atoms with E-state index < -0.39 is 0 Å². The van der Waals surface area contributed by atoms with Crippen molar-refractivity contribution < 1.29 is 5.11 Å². The van der Waals surface area contributed by atoms with Crippen LogP contribution in [0.4, 0.5) is 0 Å². The molecule has 1 heteroatoms. The third-order valence-electron chi connectivity index (χ3n) is 11.6. The molecule has 2 unspecified atom stereocenters. The molecule has 4 saturated carbocycles. The molecule has 0 radical (unpaired) electrons. The van der Waals surface area contributed by atoms with E-state index in [2.05, 4.69) is 41.5 Å². The highest BCUT2D eigenvalue weighted by Crippen LogP contribution is 2.68. The summed E-state index contributed by atoms with van der Waals surface area (Å²) in [6.45, 7) is 15.2. The van der Waals surface area contributed by atoms with Crippen molar-refractivity contribution in [2.24, 2.45) is 58.2 Å². The first-order valence-corrected chi connectivity index (χ1v) is 13.3. The van der Waals surface area contributed by atoms with Crippen LogP contribution < -0.4 is 0 Å². The SMILES string of the molecule is CC(C)C(C)CC[C@@H](C)[C@H]1CC[C@H]2[C@H]3CCC4C[C@@H](O)CC[C@@]4(C)[C@H]3CC[C@]12C. The number of hydrogen-bond acceptors (Lipinski definition) is 1. The van der Waals surface area contributed by atoms with Crippen molar-refractivity contribution in [2.75, 3.05) is 0 Å². The molecule has 0 amide bonds. The molecule has 0 bridgehead atoms. The minimum absolute atomic E-state index is 0.0107. The van der Waals surface area contributed by atoms with Gasteiger partial charge in [0.25, 0.3) is 0 Å². The molecule has 4 aliphatic carbocycles. The lowest BCUT2D eigenvalue weighted by Gasteiger charge is -2.61. The van der Waals surface area contributed by atoms with Crippen LogP contribution in [0.3, 0.4) is 0 Å². The van der Waals surface area contributed by atoms with Gasteiger partial charge in [-0.15, -0.1) is 0 Å². The normalized spacial score (nSPS) is 49.2. The molecule has 4 aliphatic rings. The minimum Gasteiger partial charge on any atom is -0.393 e. The quantitative estimate of drug-likeness (QED) is 0.499. The van der Waals surface area contributed by atoms with E-state index in [1.54, 1.807) is 0 Å². The fourth-order valence-corrected chi connectivity index (χ4v) is 9.27. The maximum Gasteiger partial charge on any atom is 0.0543 e. The highest BCUT2D eigenvalue weighted by Gasteiger charge is 2.60. The van der Waals surface area contributed by atoms with Gasteiger partial charge in [-0.25, -0.2) is 0 Å². The van der Waals surface area contributed by atoms with Gasteiger partial charge in [0, 0.05) is 0 Å². The number of aliphatic hydroxyl groups is 1. The fraction of sp³-hybridized carbons (Fsp3) is 1.00. The van der Waals surface area contributed by atoms with Crippen LogP contribution in [0.25, 0.3) is 0 Å². The van der Waals surface area contributed by atoms with E-state index in [1.165, 1.54) is 57.8 Å². The van der Waals surface area contributed by atoms with Gasteiger partial charge in [-0.05, 0) is 116 Å². The molecule has 1 nitrogen and oxygen atoms in total. The van der Waals surface area contributed by atoms with Gasteiger partial charge in [0.05, 0.1) is 6.10 Å². The van der Waals surface area contributed by atoms with E-state index in [-0.39, 0.29) is 6.10 Å². The molecule has 0 saturated heterocycles. The van der Waals surface area contributed by atoms with E-state index in [0.29, 0.717) is 10.8 Å². The maximum absolute atomic E-state index is 10.3. The third kappa shape index (κ3) is 3.74. The summed E-state index contributed by atoms with van der Waals surface area (Å²) in [5, 5.41) is 10.3. The second kappa shape index (κ2) is 8.14. The van der Waals surface area contributed by atoms with Crippen LogP contribution in [0, 0.1) is 58.2 Å². The molecule has 168 valence electrons. The lowest BCUT2D eigenvalue weighted by Crippen LogP contribution is -2.54. The zero-order valence-corrected chi connectivity index (χ0v) is 20.4. The van der Waals surface area contributed by atoms with E-state index in [1.807, 2.05) is 0 Å². The first-order valence-electron chi connectivity index (χ1n) is 13.3. The second-order valence-corrected chi connectivity index (χ2v) is 13.1. The Kier molecular flexibility index (Phi) is 6.22.